The van der Waals surface area contributed by atoms with Gasteiger partial charge in [0, 0.05) is 21.8 Å². The van der Waals surface area contributed by atoms with E-state index in [0.29, 0.717) is 32.9 Å². The van der Waals surface area contributed by atoms with Gasteiger partial charge in [-0.15, -0.1) is 0 Å². The molecule has 0 spiro atoms. The third-order valence-corrected chi connectivity index (χ3v) is 3.50. The van der Waals surface area contributed by atoms with E-state index in [1.54, 1.807) is 43.3 Å². The van der Waals surface area contributed by atoms with Crippen LogP contribution in [0.3, 0.4) is 0 Å². The van der Waals surface area contributed by atoms with E-state index in [0.717, 1.165) is 0 Å². The molecule has 0 unspecified atom stereocenters. The van der Waals surface area contributed by atoms with Gasteiger partial charge in [0.25, 0.3) is 5.91 Å². The summed E-state index contributed by atoms with van der Waals surface area (Å²) in [5.41, 5.74) is 2.29. The average molecular weight is 315 g/mol. The Kier molecular flexibility index (Phi) is 3.77. The zero-order chi connectivity index (χ0) is 15.7. The van der Waals surface area contributed by atoms with Gasteiger partial charge in [-0.3, -0.25) is 9.78 Å². The SMILES string of the molecule is Cc1cc(C(=O)Nc2ccc(Cl)cc2)c2cc(F)ccc2n1. The highest BCUT2D eigenvalue weighted by molar-refractivity contribution is 6.30. The molecule has 0 saturated heterocycles. The number of hydrogen-bond acceptors (Lipinski definition) is 2. The molecule has 1 N–H and O–H groups in total. The Balaban J connectivity index is 2.03. The van der Waals surface area contributed by atoms with Gasteiger partial charge in [-0.1, -0.05) is 11.6 Å². The molecule has 0 atom stereocenters. The maximum absolute atomic E-state index is 13.5. The van der Waals surface area contributed by atoms with Gasteiger partial charge in [0.15, 0.2) is 0 Å². The minimum atomic E-state index is -0.404. The highest BCUT2D eigenvalue weighted by atomic mass is 35.5. The predicted octanol–water partition coefficient (Wildman–Crippen LogP) is 4.59. The Morgan fingerprint density at radius 2 is 1.86 bits per heavy atom. The van der Waals surface area contributed by atoms with E-state index < -0.39 is 5.82 Å². The van der Waals surface area contributed by atoms with Crippen LogP contribution in [0.1, 0.15) is 16.1 Å². The van der Waals surface area contributed by atoms with E-state index in [1.807, 2.05) is 0 Å². The van der Waals surface area contributed by atoms with Crippen LogP contribution in [-0.4, -0.2) is 10.9 Å². The number of aryl methyl sites for hydroxylation is 1. The Morgan fingerprint density at radius 1 is 1.14 bits per heavy atom. The quantitative estimate of drug-likeness (QED) is 0.751. The molecule has 110 valence electrons. The zero-order valence-electron chi connectivity index (χ0n) is 11.7. The predicted molar refractivity (Wildman–Crippen MR) is 85.8 cm³/mol. The lowest BCUT2D eigenvalue weighted by Crippen LogP contribution is -2.13. The van der Waals surface area contributed by atoms with E-state index in [4.69, 9.17) is 11.6 Å². The Morgan fingerprint density at radius 3 is 2.59 bits per heavy atom. The fraction of sp³-hybridized carbons (Fsp3) is 0.0588. The summed E-state index contributed by atoms with van der Waals surface area (Å²) in [7, 11) is 0. The van der Waals surface area contributed by atoms with Gasteiger partial charge in [-0.2, -0.15) is 0 Å². The topological polar surface area (TPSA) is 42.0 Å². The lowest BCUT2D eigenvalue weighted by Gasteiger charge is -2.09. The molecule has 0 saturated carbocycles. The summed E-state index contributed by atoms with van der Waals surface area (Å²) >= 11 is 5.82. The Labute approximate surface area is 131 Å². The number of anilines is 1. The molecule has 0 aliphatic carbocycles. The van der Waals surface area contributed by atoms with Gasteiger partial charge in [0.05, 0.1) is 11.1 Å². The summed E-state index contributed by atoms with van der Waals surface area (Å²) in [6.07, 6.45) is 0. The van der Waals surface area contributed by atoms with Crippen LogP contribution in [0.25, 0.3) is 10.9 Å². The Bertz CT molecular complexity index is 862. The summed E-state index contributed by atoms with van der Waals surface area (Å²) in [6.45, 7) is 1.79. The first-order chi connectivity index (χ1) is 10.5. The van der Waals surface area contributed by atoms with Crippen molar-refractivity contribution in [3.05, 3.63) is 70.6 Å². The molecular formula is C17H12ClFN2O. The summed E-state index contributed by atoms with van der Waals surface area (Å²) in [5, 5.41) is 3.85. The van der Waals surface area contributed by atoms with Crippen LogP contribution in [0.2, 0.25) is 5.02 Å². The largest absolute Gasteiger partial charge is 0.322 e. The molecule has 2 aromatic carbocycles. The number of amides is 1. The second kappa shape index (κ2) is 5.73. The van der Waals surface area contributed by atoms with Crippen molar-refractivity contribution in [1.82, 2.24) is 4.98 Å². The second-order valence-corrected chi connectivity index (χ2v) is 5.37. The van der Waals surface area contributed by atoms with E-state index in [1.165, 1.54) is 12.1 Å². The molecule has 3 nitrogen and oxygen atoms in total. The molecule has 5 heteroatoms. The molecule has 22 heavy (non-hydrogen) atoms. The van der Waals surface area contributed by atoms with Crippen LogP contribution in [0.4, 0.5) is 10.1 Å². The van der Waals surface area contributed by atoms with Crippen LogP contribution < -0.4 is 5.32 Å². The third-order valence-electron chi connectivity index (χ3n) is 3.25. The number of nitrogens with zero attached hydrogens (tertiary/aromatic N) is 1. The summed E-state index contributed by atoms with van der Waals surface area (Å²) in [5.74, 6) is -0.720. The molecule has 0 bridgehead atoms. The Hall–Kier alpha value is -2.46. The molecular weight excluding hydrogens is 303 g/mol. The summed E-state index contributed by atoms with van der Waals surface area (Å²) in [4.78, 5) is 16.8. The van der Waals surface area contributed by atoms with Crippen LogP contribution in [0, 0.1) is 12.7 Å². The minimum Gasteiger partial charge on any atom is -0.322 e. The van der Waals surface area contributed by atoms with Crippen molar-refractivity contribution in [1.29, 1.82) is 0 Å². The lowest BCUT2D eigenvalue weighted by molar-refractivity contribution is 0.102. The molecule has 1 aromatic heterocycles. The van der Waals surface area contributed by atoms with Crippen molar-refractivity contribution in [3.8, 4) is 0 Å². The van der Waals surface area contributed by atoms with Gasteiger partial charge in [0.2, 0.25) is 0 Å². The lowest BCUT2D eigenvalue weighted by atomic mass is 10.1. The van der Waals surface area contributed by atoms with Crippen LogP contribution in [-0.2, 0) is 0 Å². The number of hydrogen-bond donors (Lipinski definition) is 1. The van der Waals surface area contributed by atoms with Gasteiger partial charge >= 0.3 is 0 Å². The molecule has 3 aromatic rings. The number of carbonyl (C=O) groups is 1. The fourth-order valence-electron chi connectivity index (χ4n) is 2.25. The summed E-state index contributed by atoms with van der Waals surface area (Å²) < 4.78 is 13.5. The first kappa shape index (κ1) is 14.5. The third kappa shape index (κ3) is 2.92. The van der Waals surface area contributed by atoms with Crippen LogP contribution >= 0.6 is 11.6 Å². The van der Waals surface area contributed by atoms with Crippen molar-refractivity contribution in [2.24, 2.45) is 0 Å². The summed E-state index contributed by atoms with van der Waals surface area (Å²) in [6, 6.07) is 12.6. The smallest absolute Gasteiger partial charge is 0.256 e. The standard InChI is InChI=1S/C17H12ClFN2O/c1-10-8-15(14-9-12(19)4-7-16(14)20-10)17(22)21-13-5-2-11(18)3-6-13/h2-9H,1H3,(H,21,22). The van der Waals surface area contributed by atoms with Crippen molar-refractivity contribution < 1.29 is 9.18 Å². The number of rotatable bonds is 2. The van der Waals surface area contributed by atoms with E-state index >= 15 is 0 Å². The van der Waals surface area contributed by atoms with E-state index in [-0.39, 0.29) is 5.91 Å². The van der Waals surface area contributed by atoms with E-state index in [2.05, 4.69) is 10.3 Å². The van der Waals surface area contributed by atoms with Gasteiger partial charge in [0.1, 0.15) is 5.82 Å². The molecule has 0 radical (unpaired) electrons. The first-order valence-corrected chi connectivity index (χ1v) is 7.04. The number of fused-ring (bicyclic) bond motifs is 1. The average Bonchev–Trinajstić information content (AvgIpc) is 2.49. The molecule has 0 aliphatic heterocycles. The minimum absolute atomic E-state index is 0.316. The number of pyridine rings is 1. The van der Waals surface area contributed by atoms with Crippen molar-refractivity contribution in [3.63, 3.8) is 0 Å². The number of carbonyl (C=O) groups excluding carboxylic acids is 1. The maximum atomic E-state index is 13.5. The molecule has 0 fully saturated rings. The fourth-order valence-corrected chi connectivity index (χ4v) is 2.38. The zero-order valence-corrected chi connectivity index (χ0v) is 12.5. The molecule has 1 heterocycles. The monoisotopic (exact) mass is 314 g/mol. The van der Waals surface area contributed by atoms with Crippen molar-refractivity contribution >= 4 is 34.1 Å². The molecule has 3 rings (SSSR count). The number of benzene rings is 2. The first-order valence-electron chi connectivity index (χ1n) is 6.67. The van der Waals surface area contributed by atoms with E-state index in [9.17, 15) is 9.18 Å². The highest BCUT2D eigenvalue weighted by Gasteiger charge is 2.13. The number of aromatic nitrogens is 1. The van der Waals surface area contributed by atoms with Gasteiger partial charge in [-0.05, 0) is 55.5 Å². The molecule has 0 aliphatic rings. The number of nitrogens with one attached hydrogen (secondary N) is 1. The van der Waals surface area contributed by atoms with Crippen molar-refractivity contribution in [2.45, 2.75) is 6.92 Å². The highest BCUT2D eigenvalue weighted by Crippen LogP contribution is 2.21. The number of halogens is 2. The van der Waals surface area contributed by atoms with Gasteiger partial charge in [-0.25, -0.2) is 4.39 Å². The second-order valence-electron chi connectivity index (χ2n) is 4.93. The van der Waals surface area contributed by atoms with Crippen LogP contribution in [0.15, 0.2) is 48.5 Å². The van der Waals surface area contributed by atoms with Gasteiger partial charge < -0.3 is 5.32 Å². The maximum Gasteiger partial charge on any atom is 0.256 e. The van der Waals surface area contributed by atoms with Crippen LogP contribution in [0.5, 0.6) is 0 Å². The normalized spacial score (nSPS) is 10.7. The molecule has 1 amide bonds. The van der Waals surface area contributed by atoms with Crippen molar-refractivity contribution in [2.75, 3.05) is 5.32 Å².